The number of anilines is 2. The van der Waals surface area contributed by atoms with E-state index in [1.165, 1.54) is 17.7 Å². The lowest BCUT2D eigenvalue weighted by Crippen LogP contribution is -2.31. The van der Waals surface area contributed by atoms with Crippen LogP contribution < -0.4 is 15.1 Å². The maximum absolute atomic E-state index is 12.8. The van der Waals surface area contributed by atoms with Crippen LogP contribution >= 0.6 is 0 Å². The van der Waals surface area contributed by atoms with E-state index in [1.54, 1.807) is 21.9 Å². The molecule has 2 saturated heterocycles. The zero-order valence-corrected chi connectivity index (χ0v) is 15.1. The fourth-order valence-electron chi connectivity index (χ4n) is 3.88. The summed E-state index contributed by atoms with van der Waals surface area (Å²) < 4.78 is 0. The molecule has 2 N–H and O–H groups in total. The van der Waals surface area contributed by atoms with Crippen LogP contribution in [-0.4, -0.2) is 43.3 Å². The van der Waals surface area contributed by atoms with Crippen molar-refractivity contribution in [1.82, 2.24) is 5.32 Å². The van der Waals surface area contributed by atoms with Crippen molar-refractivity contribution in [1.29, 1.82) is 0 Å². The highest BCUT2D eigenvalue weighted by Gasteiger charge is 2.30. The molecule has 2 fully saturated rings. The number of carbonyl (C=O) groups excluding carboxylic acids is 1. The van der Waals surface area contributed by atoms with Gasteiger partial charge in [0.25, 0.3) is 0 Å². The molecule has 2 amide bonds. The minimum atomic E-state index is -0.968. The van der Waals surface area contributed by atoms with Crippen LogP contribution in [0.5, 0.6) is 0 Å². The SMILES string of the molecule is O=C(O)c1ccc(N2CCN(c3ccc(C4CCNCC4)cc3)C2=O)cc1. The van der Waals surface area contributed by atoms with Crippen molar-refractivity contribution in [3.8, 4) is 0 Å². The number of urea groups is 1. The Labute approximate surface area is 158 Å². The molecule has 0 atom stereocenters. The Morgan fingerprint density at radius 3 is 1.93 bits per heavy atom. The number of aromatic carboxylic acids is 1. The standard InChI is InChI=1S/C21H23N3O3/c25-20(26)17-3-7-19(8-4-17)24-14-13-23(21(24)27)18-5-1-15(2-6-18)16-9-11-22-12-10-16/h1-8,16,22H,9-14H2,(H,25,26). The first-order chi connectivity index (χ1) is 13.1. The van der Waals surface area contributed by atoms with Crippen molar-refractivity contribution in [3.63, 3.8) is 0 Å². The highest BCUT2D eigenvalue weighted by Crippen LogP contribution is 2.29. The Kier molecular flexibility index (Phi) is 4.81. The zero-order chi connectivity index (χ0) is 18.8. The molecule has 6 nitrogen and oxygen atoms in total. The summed E-state index contributed by atoms with van der Waals surface area (Å²) in [6, 6.07) is 14.7. The molecule has 0 saturated carbocycles. The van der Waals surface area contributed by atoms with Gasteiger partial charge in [0.2, 0.25) is 0 Å². The minimum absolute atomic E-state index is 0.0762. The Hall–Kier alpha value is -2.86. The second-order valence-electron chi connectivity index (χ2n) is 7.05. The third-order valence-corrected chi connectivity index (χ3v) is 5.45. The van der Waals surface area contributed by atoms with Crippen LogP contribution in [0.4, 0.5) is 16.2 Å². The summed E-state index contributed by atoms with van der Waals surface area (Å²) >= 11 is 0. The first kappa shape index (κ1) is 17.5. The van der Waals surface area contributed by atoms with Gasteiger partial charge in [-0.1, -0.05) is 12.1 Å². The van der Waals surface area contributed by atoms with Crippen molar-refractivity contribution in [2.45, 2.75) is 18.8 Å². The lowest BCUT2D eigenvalue weighted by molar-refractivity contribution is 0.0697. The molecule has 2 heterocycles. The summed E-state index contributed by atoms with van der Waals surface area (Å²) in [6.45, 7) is 3.33. The van der Waals surface area contributed by atoms with Gasteiger partial charge in [0, 0.05) is 24.5 Å². The molecule has 0 unspecified atom stereocenters. The van der Waals surface area contributed by atoms with E-state index in [0.29, 0.717) is 19.0 Å². The van der Waals surface area contributed by atoms with E-state index < -0.39 is 5.97 Å². The van der Waals surface area contributed by atoms with Gasteiger partial charge in [0.1, 0.15) is 0 Å². The quantitative estimate of drug-likeness (QED) is 0.872. The lowest BCUT2D eigenvalue weighted by atomic mass is 9.90. The van der Waals surface area contributed by atoms with Crippen LogP contribution in [0.25, 0.3) is 0 Å². The largest absolute Gasteiger partial charge is 0.478 e. The number of carboxylic acids is 1. The Morgan fingerprint density at radius 2 is 1.41 bits per heavy atom. The zero-order valence-electron chi connectivity index (χ0n) is 15.1. The molecule has 140 valence electrons. The van der Waals surface area contributed by atoms with E-state index >= 15 is 0 Å². The summed E-state index contributed by atoms with van der Waals surface area (Å²) in [7, 11) is 0. The van der Waals surface area contributed by atoms with E-state index in [0.717, 1.165) is 37.3 Å². The van der Waals surface area contributed by atoms with Gasteiger partial charge < -0.3 is 10.4 Å². The maximum atomic E-state index is 12.8. The van der Waals surface area contributed by atoms with Crippen molar-refractivity contribution >= 4 is 23.4 Å². The van der Waals surface area contributed by atoms with Crippen molar-refractivity contribution in [2.75, 3.05) is 36.0 Å². The Morgan fingerprint density at radius 1 is 0.889 bits per heavy atom. The first-order valence-corrected chi connectivity index (χ1v) is 9.36. The number of nitrogens with one attached hydrogen (secondary N) is 1. The van der Waals surface area contributed by atoms with E-state index in [9.17, 15) is 9.59 Å². The highest BCUT2D eigenvalue weighted by molar-refractivity contribution is 6.06. The molecular weight excluding hydrogens is 342 g/mol. The fraction of sp³-hybridized carbons (Fsp3) is 0.333. The van der Waals surface area contributed by atoms with E-state index in [2.05, 4.69) is 17.4 Å². The highest BCUT2D eigenvalue weighted by atomic mass is 16.4. The fourth-order valence-corrected chi connectivity index (χ4v) is 3.88. The van der Waals surface area contributed by atoms with Crippen LogP contribution in [-0.2, 0) is 0 Å². The number of carboxylic acid groups (broad SMARTS) is 1. The molecule has 2 aliphatic heterocycles. The molecule has 0 aromatic heterocycles. The normalized spacial score (nSPS) is 18.1. The van der Waals surface area contributed by atoms with Gasteiger partial charge in [-0.05, 0) is 73.8 Å². The van der Waals surface area contributed by atoms with Gasteiger partial charge in [-0.3, -0.25) is 9.80 Å². The molecule has 0 spiro atoms. The number of amides is 2. The van der Waals surface area contributed by atoms with E-state index in [1.807, 2.05) is 12.1 Å². The van der Waals surface area contributed by atoms with Gasteiger partial charge in [-0.15, -0.1) is 0 Å². The summed E-state index contributed by atoms with van der Waals surface area (Å²) in [5, 5.41) is 12.4. The van der Waals surface area contributed by atoms with Gasteiger partial charge >= 0.3 is 12.0 Å². The number of hydrogen-bond donors (Lipinski definition) is 2. The third-order valence-electron chi connectivity index (χ3n) is 5.45. The van der Waals surface area contributed by atoms with Crippen LogP contribution in [0.3, 0.4) is 0 Å². The van der Waals surface area contributed by atoms with Crippen molar-refractivity contribution in [3.05, 3.63) is 59.7 Å². The predicted octanol–water partition coefficient (Wildman–Crippen LogP) is 3.30. The summed E-state index contributed by atoms with van der Waals surface area (Å²) in [5.74, 6) is -0.372. The van der Waals surface area contributed by atoms with Crippen LogP contribution in [0.1, 0.15) is 34.7 Å². The Bertz CT molecular complexity index is 827. The Balaban J connectivity index is 1.47. The molecule has 2 aliphatic rings. The minimum Gasteiger partial charge on any atom is -0.478 e. The summed E-state index contributed by atoms with van der Waals surface area (Å²) in [5.41, 5.74) is 3.19. The molecule has 2 aromatic carbocycles. The van der Waals surface area contributed by atoms with Gasteiger partial charge in [0.05, 0.1) is 5.56 Å². The number of rotatable bonds is 4. The van der Waals surface area contributed by atoms with E-state index in [4.69, 9.17) is 5.11 Å². The topological polar surface area (TPSA) is 72.9 Å². The molecule has 0 aliphatic carbocycles. The number of nitrogens with zero attached hydrogens (tertiary/aromatic N) is 2. The third kappa shape index (κ3) is 3.53. The monoisotopic (exact) mass is 365 g/mol. The maximum Gasteiger partial charge on any atom is 0.335 e. The van der Waals surface area contributed by atoms with E-state index in [-0.39, 0.29) is 11.6 Å². The average Bonchev–Trinajstić information content (AvgIpc) is 3.10. The second-order valence-corrected chi connectivity index (χ2v) is 7.05. The molecule has 0 bridgehead atoms. The smallest absolute Gasteiger partial charge is 0.335 e. The van der Waals surface area contributed by atoms with Gasteiger partial charge in [-0.2, -0.15) is 0 Å². The van der Waals surface area contributed by atoms with Crippen LogP contribution in [0.2, 0.25) is 0 Å². The second kappa shape index (κ2) is 7.40. The lowest BCUT2D eigenvalue weighted by Gasteiger charge is -2.24. The molecule has 4 rings (SSSR count). The summed E-state index contributed by atoms with van der Waals surface area (Å²) in [4.78, 5) is 27.3. The molecule has 0 radical (unpaired) electrons. The molecular formula is C21H23N3O3. The number of carbonyl (C=O) groups is 2. The van der Waals surface area contributed by atoms with Crippen LogP contribution in [0.15, 0.2) is 48.5 Å². The first-order valence-electron chi connectivity index (χ1n) is 9.36. The number of piperidine rings is 1. The average molecular weight is 365 g/mol. The van der Waals surface area contributed by atoms with Crippen molar-refractivity contribution < 1.29 is 14.7 Å². The molecule has 2 aromatic rings. The number of benzene rings is 2. The van der Waals surface area contributed by atoms with Crippen LogP contribution in [0, 0.1) is 0 Å². The number of hydrogen-bond acceptors (Lipinski definition) is 3. The van der Waals surface area contributed by atoms with Gasteiger partial charge in [0.15, 0.2) is 0 Å². The predicted molar refractivity (Wildman–Crippen MR) is 105 cm³/mol. The molecule has 6 heteroatoms. The molecule has 27 heavy (non-hydrogen) atoms. The summed E-state index contributed by atoms with van der Waals surface area (Å²) in [6.07, 6.45) is 2.31. The van der Waals surface area contributed by atoms with Gasteiger partial charge in [-0.25, -0.2) is 9.59 Å². The van der Waals surface area contributed by atoms with Crippen molar-refractivity contribution in [2.24, 2.45) is 0 Å².